The highest BCUT2D eigenvalue weighted by Gasteiger charge is 2.13. The Hall–Kier alpha value is -1.79. The number of carbonyl (C=O) groups is 1. The minimum atomic E-state index is -0.0831. The number of urea groups is 1. The summed E-state index contributed by atoms with van der Waals surface area (Å²) >= 11 is 7.44. The van der Waals surface area contributed by atoms with Crippen molar-refractivity contribution < 1.29 is 4.79 Å². The maximum absolute atomic E-state index is 12.3. The van der Waals surface area contributed by atoms with E-state index in [-0.39, 0.29) is 6.03 Å². The van der Waals surface area contributed by atoms with E-state index in [9.17, 15) is 4.79 Å². The SMILES string of the molecule is CCN(Cc1ccc(Cl)s1)C(=O)NCc1ccnc(N(C)C)c1. The third-order valence-electron chi connectivity index (χ3n) is 3.36. The molecule has 124 valence electrons. The second kappa shape index (κ2) is 8.17. The second-order valence-corrected chi connectivity index (χ2v) is 7.10. The van der Waals surface area contributed by atoms with Gasteiger partial charge < -0.3 is 15.1 Å². The summed E-state index contributed by atoms with van der Waals surface area (Å²) in [5.74, 6) is 0.873. The highest BCUT2D eigenvalue weighted by atomic mass is 35.5. The summed E-state index contributed by atoms with van der Waals surface area (Å²) in [5.41, 5.74) is 1.02. The van der Waals surface area contributed by atoms with E-state index in [1.165, 1.54) is 11.3 Å². The van der Waals surface area contributed by atoms with Crippen molar-refractivity contribution in [1.82, 2.24) is 15.2 Å². The molecule has 0 saturated carbocycles. The van der Waals surface area contributed by atoms with Crippen molar-refractivity contribution >= 4 is 34.8 Å². The largest absolute Gasteiger partial charge is 0.363 e. The van der Waals surface area contributed by atoms with Crippen molar-refractivity contribution in [3.8, 4) is 0 Å². The third-order valence-corrected chi connectivity index (χ3v) is 4.57. The number of carbonyl (C=O) groups excluding carboxylic acids is 1. The third kappa shape index (κ3) is 5.11. The predicted octanol–water partition coefficient (Wildman–Crippen LogP) is 3.59. The Morgan fingerprint density at radius 3 is 2.74 bits per heavy atom. The fourth-order valence-electron chi connectivity index (χ4n) is 2.06. The highest BCUT2D eigenvalue weighted by molar-refractivity contribution is 7.16. The topological polar surface area (TPSA) is 48.5 Å². The number of nitrogens with zero attached hydrogens (tertiary/aromatic N) is 3. The lowest BCUT2D eigenvalue weighted by atomic mass is 10.2. The average Bonchev–Trinajstić information content (AvgIpc) is 2.95. The molecule has 1 N–H and O–H groups in total. The predicted molar refractivity (Wildman–Crippen MR) is 96.2 cm³/mol. The molecule has 23 heavy (non-hydrogen) atoms. The number of rotatable bonds is 6. The molecule has 0 spiro atoms. The van der Waals surface area contributed by atoms with Gasteiger partial charge in [0.15, 0.2) is 0 Å². The molecule has 0 aromatic carbocycles. The van der Waals surface area contributed by atoms with Crippen LogP contribution in [-0.2, 0) is 13.1 Å². The van der Waals surface area contributed by atoms with Gasteiger partial charge >= 0.3 is 6.03 Å². The summed E-state index contributed by atoms with van der Waals surface area (Å²) in [6, 6.07) is 7.60. The van der Waals surface area contributed by atoms with Gasteiger partial charge in [-0.05, 0) is 36.8 Å². The standard InChI is InChI=1S/C16H21ClN4OS/c1-4-21(11-13-5-6-14(17)23-13)16(22)19-10-12-7-8-18-15(9-12)20(2)3/h5-9H,4,10-11H2,1-3H3,(H,19,22). The quantitative estimate of drug-likeness (QED) is 0.864. The molecule has 0 fully saturated rings. The van der Waals surface area contributed by atoms with Crippen molar-refractivity contribution in [1.29, 1.82) is 0 Å². The first-order valence-electron chi connectivity index (χ1n) is 7.39. The van der Waals surface area contributed by atoms with Crippen LogP contribution in [0.25, 0.3) is 0 Å². The van der Waals surface area contributed by atoms with Gasteiger partial charge in [0.2, 0.25) is 0 Å². The maximum Gasteiger partial charge on any atom is 0.317 e. The van der Waals surface area contributed by atoms with E-state index in [2.05, 4.69) is 10.3 Å². The van der Waals surface area contributed by atoms with Crippen LogP contribution in [0.5, 0.6) is 0 Å². The fourth-order valence-corrected chi connectivity index (χ4v) is 3.16. The number of pyridine rings is 1. The summed E-state index contributed by atoms with van der Waals surface area (Å²) in [5, 5.41) is 2.96. The Morgan fingerprint density at radius 2 is 2.13 bits per heavy atom. The van der Waals surface area contributed by atoms with Crippen molar-refractivity contribution in [3.05, 3.63) is 45.2 Å². The molecule has 7 heteroatoms. The van der Waals surface area contributed by atoms with Gasteiger partial charge in [-0.25, -0.2) is 9.78 Å². The maximum atomic E-state index is 12.3. The van der Waals surface area contributed by atoms with E-state index < -0.39 is 0 Å². The molecule has 0 aliphatic carbocycles. The lowest BCUT2D eigenvalue weighted by Crippen LogP contribution is -2.38. The molecule has 0 radical (unpaired) electrons. The smallest absolute Gasteiger partial charge is 0.317 e. The molecule has 2 aromatic rings. The number of halogens is 1. The van der Waals surface area contributed by atoms with E-state index in [1.54, 1.807) is 11.1 Å². The Labute approximate surface area is 145 Å². The summed E-state index contributed by atoms with van der Waals surface area (Å²) in [4.78, 5) is 21.4. The zero-order valence-corrected chi connectivity index (χ0v) is 15.1. The first-order valence-corrected chi connectivity index (χ1v) is 8.58. The first kappa shape index (κ1) is 17.6. The molecule has 2 heterocycles. The van der Waals surface area contributed by atoms with Crippen LogP contribution in [0.4, 0.5) is 10.6 Å². The zero-order chi connectivity index (χ0) is 16.8. The molecule has 0 saturated heterocycles. The lowest BCUT2D eigenvalue weighted by molar-refractivity contribution is 0.198. The number of amides is 2. The van der Waals surface area contributed by atoms with Gasteiger partial charge in [0.1, 0.15) is 5.82 Å². The number of thiophene rings is 1. The zero-order valence-electron chi connectivity index (χ0n) is 13.5. The number of hydrogen-bond donors (Lipinski definition) is 1. The normalized spacial score (nSPS) is 10.4. The van der Waals surface area contributed by atoms with E-state index in [1.807, 2.05) is 50.2 Å². The first-order chi connectivity index (χ1) is 11.0. The minimum absolute atomic E-state index is 0.0831. The molecule has 0 aliphatic rings. The Bertz CT molecular complexity index is 659. The van der Waals surface area contributed by atoms with Crippen molar-refractivity contribution in [3.63, 3.8) is 0 Å². The van der Waals surface area contributed by atoms with Crippen LogP contribution in [-0.4, -0.2) is 36.6 Å². The number of anilines is 1. The van der Waals surface area contributed by atoms with Crippen LogP contribution < -0.4 is 10.2 Å². The minimum Gasteiger partial charge on any atom is -0.363 e. The molecule has 0 bridgehead atoms. The monoisotopic (exact) mass is 352 g/mol. The molecular weight excluding hydrogens is 332 g/mol. The lowest BCUT2D eigenvalue weighted by Gasteiger charge is -2.21. The van der Waals surface area contributed by atoms with E-state index in [4.69, 9.17) is 11.6 Å². The van der Waals surface area contributed by atoms with E-state index >= 15 is 0 Å². The second-order valence-electron chi connectivity index (χ2n) is 5.30. The number of hydrogen-bond acceptors (Lipinski definition) is 4. The molecule has 5 nitrogen and oxygen atoms in total. The fraction of sp³-hybridized carbons (Fsp3) is 0.375. The number of nitrogens with one attached hydrogen (secondary N) is 1. The van der Waals surface area contributed by atoms with Gasteiger partial charge in [-0.1, -0.05) is 11.6 Å². The van der Waals surface area contributed by atoms with Crippen molar-refractivity contribution in [2.45, 2.75) is 20.0 Å². The summed E-state index contributed by atoms with van der Waals surface area (Å²) in [6.07, 6.45) is 1.75. The molecular formula is C16H21ClN4OS. The molecule has 0 aliphatic heterocycles. The van der Waals surface area contributed by atoms with E-state index in [0.717, 1.165) is 20.6 Å². The van der Waals surface area contributed by atoms with E-state index in [0.29, 0.717) is 19.6 Å². The van der Waals surface area contributed by atoms with Crippen LogP contribution in [0.2, 0.25) is 4.34 Å². The van der Waals surface area contributed by atoms with Crippen LogP contribution in [0.1, 0.15) is 17.4 Å². The van der Waals surface area contributed by atoms with Gasteiger partial charge in [-0.2, -0.15) is 0 Å². The Kier molecular flexibility index (Phi) is 6.24. The van der Waals surface area contributed by atoms with Crippen LogP contribution in [0.15, 0.2) is 30.5 Å². The molecule has 2 aromatic heterocycles. The summed E-state index contributed by atoms with van der Waals surface area (Å²) < 4.78 is 0.740. The Balaban J connectivity index is 1.93. The summed E-state index contributed by atoms with van der Waals surface area (Å²) in [7, 11) is 3.88. The van der Waals surface area contributed by atoms with Gasteiger partial charge in [-0.15, -0.1) is 11.3 Å². The van der Waals surface area contributed by atoms with Crippen molar-refractivity contribution in [2.24, 2.45) is 0 Å². The highest BCUT2D eigenvalue weighted by Crippen LogP contribution is 2.22. The van der Waals surface area contributed by atoms with Crippen molar-refractivity contribution in [2.75, 3.05) is 25.5 Å². The average molecular weight is 353 g/mol. The van der Waals surface area contributed by atoms with Gasteiger partial charge in [0, 0.05) is 38.3 Å². The molecule has 2 rings (SSSR count). The summed E-state index contributed by atoms with van der Waals surface area (Å²) in [6.45, 7) is 3.65. The molecule has 2 amide bonds. The van der Waals surface area contributed by atoms with Crippen LogP contribution >= 0.6 is 22.9 Å². The van der Waals surface area contributed by atoms with Gasteiger partial charge in [-0.3, -0.25) is 0 Å². The van der Waals surface area contributed by atoms with Crippen LogP contribution in [0.3, 0.4) is 0 Å². The van der Waals surface area contributed by atoms with Gasteiger partial charge in [0.05, 0.1) is 10.9 Å². The molecule has 0 atom stereocenters. The van der Waals surface area contributed by atoms with Crippen LogP contribution in [0, 0.1) is 0 Å². The Morgan fingerprint density at radius 1 is 1.35 bits per heavy atom. The van der Waals surface area contributed by atoms with Gasteiger partial charge in [0.25, 0.3) is 0 Å². The molecule has 0 unspecified atom stereocenters. The number of aromatic nitrogens is 1.